The fraction of sp³-hybridized carbons (Fsp3) is 0.200. The van der Waals surface area contributed by atoms with E-state index in [-0.39, 0.29) is 18.0 Å². The predicted octanol–water partition coefficient (Wildman–Crippen LogP) is 3.35. The van der Waals surface area contributed by atoms with E-state index < -0.39 is 0 Å². The number of hydrazine groups is 1. The van der Waals surface area contributed by atoms with Gasteiger partial charge in [0, 0.05) is 4.88 Å². The van der Waals surface area contributed by atoms with Gasteiger partial charge in [-0.05, 0) is 47.2 Å². The zero-order valence-corrected chi connectivity index (χ0v) is 15.2. The van der Waals surface area contributed by atoms with E-state index >= 15 is 0 Å². The van der Waals surface area contributed by atoms with Crippen LogP contribution in [0.25, 0.3) is 10.8 Å². The number of hydrazone groups is 1. The van der Waals surface area contributed by atoms with Crippen molar-refractivity contribution in [2.45, 2.75) is 25.4 Å². The first-order valence-electron chi connectivity index (χ1n) is 8.58. The Kier molecular flexibility index (Phi) is 4.79. The largest absolute Gasteiger partial charge is 0.271 e. The molecule has 1 aliphatic heterocycles. The minimum atomic E-state index is -0.296. The molecule has 4 rings (SSSR count). The Morgan fingerprint density at radius 2 is 1.96 bits per heavy atom. The zero-order chi connectivity index (χ0) is 17.9. The number of carbonyl (C=O) groups excluding carboxylic acids is 1. The van der Waals surface area contributed by atoms with Crippen LogP contribution in [0.2, 0.25) is 0 Å². The van der Waals surface area contributed by atoms with Crippen molar-refractivity contribution in [3.63, 3.8) is 0 Å². The predicted molar refractivity (Wildman–Crippen MR) is 106 cm³/mol. The Morgan fingerprint density at radius 3 is 2.77 bits per heavy atom. The quantitative estimate of drug-likeness (QED) is 0.491. The van der Waals surface area contributed by atoms with E-state index in [9.17, 15) is 4.79 Å². The first-order chi connectivity index (χ1) is 12.7. The molecule has 3 aromatic rings. The molecule has 0 saturated carbocycles. The SMILES string of the molecule is C/C(=N\NC(=O)C1CC(c2cccs2)NN1)c1ccc2ccccc2c1. The molecular formula is C20H20N4OS. The highest BCUT2D eigenvalue weighted by molar-refractivity contribution is 7.10. The third kappa shape index (κ3) is 3.53. The van der Waals surface area contributed by atoms with Gasteiger partial charge in [0.1, 0.15) is 6.04 Å². The molecule has 3 N–H and O–H groups in total. The topological polar surface area (TPSA) is 65.5 Å². The lowest BCUT2D eigenvalue weighted by molar-refractivity contribution is -0.122. The fourth-order valence-corrected chi connectivity index (χ4v) is 3.89. The van der Waals surface area contributed by atoms with Crippen LogP contribution in [0.5, 0.6) is 0 Å². The maximum absolute atomic E-state index is 12.4. The average molecular weight is 364 g/mol. The van der Waals surface area contributed by atoms with Gasteiger partial charge in [-0.15, -0.1) is 11.3 Å². The molecular weight excluding hydrogens is 344 g/mol. The van der Waals surface area contributed by atoms with Gasteiger partial charge in [-0.1, -0.05) is 42.5 Å². The van der Waals surface area contributed by atoms with Crippen LogP contribution in [0.15, 0.2) is 65.1 Å². The second-order valence-electron chi connectivity index (χ2n) is 6.38. The van der Waals surface area contributed by atoms with Crippen molar-refractivity contribution >= 4 is 33.7 Å². The van der Waals surface area contributed by atoms with Crippen LogP contribution in [0, 0.1) is 0 Å². The first kappa shape index (κ1) is 16.9. The van der Waals surface area contributed by atoms with Crippen molar-refractivity contribution in [1.29, 1.82) is 0 Å². The van der Waals surface area contributed by atoms with E-state index in [1.54, 1.807) is 11.3 Å². The van der Waals surface area contributed by atoms with Crippen LogP contribution in [0.1, 0.15) is 29.8 Å². The Labute approximate surface area is 156 Å². The monoisotopic (exact) mass is 364 g/mol. The molecule has 1 saturated heterocycles. The molecule has 1 amide bonds. The summed E-state index contributed by atoms with van der Waals surface area (Å²) in [6.07, 6.45) is 0.705. The number of fused-ring (bicyclic) bond motifs is 1. The Balaban J connectivity index is 1.41. The minimum Gasteiger partial charge on any atom is -0.271 e. The second-order valence-corrected chi connectivity index (χ2v) is 7.36. The van der Waals surface area contributed by atoms with Crippen LogP contribution in [-0.2, 0) is 4.79 Å². The number of nitrogens with zero attached hydrogens (tertiary/aromatic N) is 1. The third-order valence-electron chi connectivity index (χ3n) is 4.61. The molecule has 2 unspecified atom stereocenters. The number of benzene rings is 2. The van der Waals surface area contributed by atoms with Gasteiger partial charge in [0.05, 0.1) is 11.8 Å². The number of carbonyl (C=O) groups is 1. The second kappa shape index (κ2) is 7.37. The van der Waals surface area contributed by atoms with Gasteiger partial charge in [-0.2, -0.15) is 5.10 Å². The molecule has 1 fully saturated rings. The summed E-state index contributed by atoms with van der Waals surface area (Å²) in [7, 11) is 0. The third-order valence-corrected chi connectivity index (χ3v) is 5.59. The average Bonchev–Trinajstić information content (AvgIpc) is 3.36. The molecule has 0 radical (unpaired) electrons. The summed E-state index contributed by atoms with van der Waals surface area (Å²) >= 11 is 1.69. The molecule has 6 heteroatoms. The van der Waals surface area contributed by atoms with Gasteiger partial charge in [-0.25, -0.2) is 16.3 Å². The summed E-state index contributed by atoms with van der Waals surface area (Å²) in [5.41, 5.74) is 10.7. The molecule has 0 spiro atoms. The number of thiophene rings is 1. The van der Waals surface area contributed by atoms with E-state index in [0.29, 0.717) is 6.42 Å². The van der Waals surface area contributed by atoms with Gasteiger partial charge in [0.25, 0.3) is 5.91 Å². The highest BCUT2D eigenvalue weighted by atomic mass is 32.1. The smallest absolute Gasteiger partial charge is 0.258 e. The lowest BCUT2D eigenvalue weighted by Crippen LogP contribution is -2.41. The molecule has 0 bridgehead atoms. The number of nitrogens with one attached hydrogen (secondary N) is 3. The van der Waals surface area contributed by atoms with Crippen LogP contribution < -0.4 is 16.3 Å². The summed E-state index contributed by atoms with van der Waals surface area (Å²) in [6, 6.07) is 18.3. The molecule has 26 heavy (non-hydrogen) atoms. The van der Waals surface area contributed by atoms with Gasteiger partial charge in [0.15, 0.2) is 0 Å². The van der Waals surface area contributed by atoms with Crippen molar-refractivity contribution in [2.24, 2.45) is 5.10 Å². The van der Waals surface area contributed by atoms with Crippen LogP contribution >= 0.6 is 11.3 Å². The molecule has 2 aromatic carbocycles. The van der Waals surface area contributed by atoms with Gasteiger partial charge < -0.3 is 0 Å². The Bertz CT molecular complexity index is 951. The first-order valence-corrected chi connectivity index (χ1v) is 9.46. The van der Waals surface area contributed by atoms with Crippen molar-refractivity contribution in [2.75, 3.05) is 0 Å². The summed E-state index contributed by atoms with van der Waals surface area (Å²) in [5, 5.41) is 8.68. The Morgan fingerprint density at radius 1 is 1.12 bits per heavy atom. The highest BCUT2D eigenvalue weighted by Gasteiger charge is 2.30. The summed E-state index contributed by atoms with van der Waals surface area (Å²) in [6.45, 7) is 1.90. The number of hydrogen-bond donors (Lipinski definition) is 3. The van der Waals surface area contributed by atoms with E-state index in [0.717, 1.165) is 16.7 Å². The van der Waals surface area contributed by atoms with E-state index in [2.05, 4.69) is 51.7 Å². The normalized spacial score (nSPS) is 20.4. The maximum Gasteiger partial charge on any atom is 0.258 e. The fourth-order valence-electron chi connectivity index (χ4n) is 3.10. The summed E-state index contributed by atoms with van der Waals surface area (Å²) in [4.78, 5) is 13.6. The molecule has 5 nitrogen and oxygen atoms in total. The van der Waals surface area contributed by atoms with Crippen LogP contribution in [-0.4, -0.2) is 17.7 Å². The molecule has 2 atom stereocenters. The molecule has 132 valence electrons. The summed E-state index contributed by atoms with van der Waals surface area (Å²) < 4.78 is 0. The number of rotatable bonds is 4. The lowest BCUT2D eigenvalue weighted by atomic mass is 10.0. The minimum absolute atomic E-state index is 0.128. The van der Waals surface area contributed by atoms with Crippen molar-refractivity contribution in [3.8, 4) is 0 Å². The van der Waals surface area contributed by atoms with Crippen molar-refractivity contribution in [3.05, 3.63) is 70.4 Å². The van der Waals surface area contributed by atoms with E-state index in [1.807, 2.05) is 36.6 Å². The molecule has 1 aromatic heterocycles. The van der Waals surface area contributed by atoms with Crippen LogP contribution in [0.3, 0.4) is 0 Å². The maximum atomic E-state index is 12.4. The highest BCUT2D eigenvalue weighted by Crippen LogP contribution is 2.25. The summed E-state index contributed by atoms with van der Waals surface area (Å²) in [5.74, 6) is -0.128. The number of amides is 1. The molecule has 0 aliphatic carbocycles. The standard InChI is InChI=1S/C20H20N4OS/c1-13(15-9-8-14-5-2-3-6-16(14)11-15)21-24-20(25)18-12-17(22-23-18)19-7-4-10-26-19/h2-11,17-18,22-23H,12H2,1H3,(H,24,25)/b21-13+. The zero-order valence-electron chi connectivity index (χ0n) is 14.4. The van der Waals surface area contributed by atoms with Gasteiger partial charge >= 0.3 is 0 Å². The van der Waals surface area contributed by atoms with Crippen molar-refractivity contribution in [1.82, 2.24) is 16.3 Å². The van der Waals surface area contributed by atoms with Crippen molar-refractivity contribution < 1.29 is 4.79 Å². The number of hydrogen-bond acceptors (Lipinski definition) is 5. The lowest BCUT2D eigenvalue weighted by Gasteiger charge is -2.08. The van der Waals surface area contributed by atoms with Gasteiger partial charge in [0.2, 0.25) is 0 Å². The molecule has 2 heterocycles. The van der Waals surface area contributed by atoms with E-state index in [4.69, 9.17) is 0 Å². The Hall–Kier alpha value is -2.54. The van der Waals surface area contributed by atoms with E-state index in [1.165, 1.54) is 10.3 Å². The molecule has 1 aliphatic rings. The van der Waals surface area contributed by atoms with Crippen LogP contribution in [0.4, 0.5) is 0 Å². The van der Waals surface area contributed by atoms with Gasteiger partial charge in [-0.3, -0.25) is 4.79 Å².